The first kappa shape index (κ1) is 15.7. The lowest BCUT2D eigenvalue weighted by molar-refractivity contribution is -0.119. The van der Waals surface area contributed by atoms with Crippen LogP contribution in [0.5, 0.6) is 0 Å². The summed E-state index contributed by atoms with van der Waals surface area (Å²) in [7, 11) is 0. The fourth-order valence-electron chi connectivity index (χ4n) is 2.43. The van der Waals surface area contributed by atoms with E-state index in [9.17, 15) is 4.79 Å². The second-order valence-electron chi connectivity index (χ2n) is 5.58. The molecule has 3 rings (SSSR count). The molecule has 0 aliphatic carbocycles. The Balaban J connectivity index is 1.56. The Bertz CT molecular complexity index is 864. The fraction of sp³-hybridized carbons (Fsp3) is 0.100. The van der Waals surface area contributed by atoms with Crippen LogP contribution in [0.15, 0.2) is 71.8 Å². The van der Waals surface area contributed by atoms with Gasteiger partial charge in [0.25, 0.3) is 5.91 Å². The number of carbonyl (C=O) groups excluding carboxylic acids is 1. The molecular weight excluding hydrogens is 298 g/mol. The molecule has 0 atom stereocenters. The van der Waals surface area contributed by atoms with Gasteiger partial charge in [-0.15, -0.1) is 0 Å². The van der Waals surface area contributed by atoms with Crippen molar-refractivity contribution in [3.63, 3.8) is 0 Å². The van der Waals surface area contributed by atoms with E-state index >= 15 is 0 Å². The highest BCUT2D eigenvalue weighted by molar-refractivity contribution is 5.95. The molecule has 0 saturated heterocycles. The molecule has 0 spiro atoms. The van der Waals surface area contributed by atoms with E-state index in [-0.39, 0.29) is 12.5 Å². The van der Waals surface area contributed by atoms with Gasteiger partial charge in [0.05, 0.1) is 12.8 Å². The molecule has 4 heteroatoms. The Labute approximate surface area is 141 Å². The monoisotopic (exact) mass is 317 g/mol. The highest BCUT2D eigenvalue weighted by Crippen LogP contribution is 2.22. The predicted octanol–water partition coefficient (Wildman–Crippen LogP) is 3.71. The van der Waals surface area contributed by atoms with Gasteiger partial charge in [0, 0.05) is 11.1 Å². The zero-order valence-corrected chi connectivity index (χ0v) is 13.5. The van der Waals surface area contributed by atoms with E-state index in [1.54, 1.807) is 6.21 Å². The maximum absolute atomic E-state index is 11.9. The van der Waals surface area contributed by atoms with Gasteiger partial charge >= 0.3 is 0 Å². The van der Waals surface area contributed by atoms with Crippen molar-refractivity contribution in [2.45, 2.75) is 6.92 Å². The second kappa shape index (κ2) is 7.42. The predicted molar refractivity (Wildman–Crippen MR) is 99.4 cm³/mol. The van der Waals surface area contributed by atoms with Gasteiger partial charge in [-0.3, -0.25) is 4.79 Å². The average Bonchev–Trinajstić information content (AvgIpc) is 2.61. The maximum Gasteiger partial charge on any atom is 0.259 e. The molecule has 4 nitrogen and oxygen atoms in total. The van der Waals surface area contributed by atoms with Gasteiger partial charge in [0.15, 0.2) is 0 Å². The number of fused-ring (bicyclic) bond motifs is 1. The maximum atomic E-state index is 11.9. The van der Waals surface area contributed by atoms with Gasteiger partial charge < -0.3 is 5.32 Å². The largest absolute Gasteiger partial charge is 0.376 e. The van der Waals surface area contributed by atoms with Crippen molar-refractivity contribution < 1.29 is 4.79 Å². The first-order valence-corrected chi connectivity index (χ1v) is 7.82. The topological polar surface area (TPSA) is 53.5 Å². The van der Waals surface area contributed by atoms with Crippen LogP contribution in [-0.4, -0.2) is 18.7 Å². The molecule has 0 saturated carbocycles. The summed E-state index contributed by atoms with van der Waals surface area (Å²) in [5, 5.41) is 9.37. The fourth-order valence-corrected chi connectivity index (χ4v) is 2.43. The number of aryl methyl sites for hydroxylation is 1. The smallest absolute Gasteiger partial charge is 0.259 e. The van der Waals surface area contributed by atoms with Crippen LogP contribution in [0.2, 0.25) is 0 Å². The van der Waals surface area contributed by atoms with E-state index in [1.165, 1.54) is 5.56 Å². The number of nitrogens with zero attached hydrogens (tertiary/aromatic N) is 1. The zero-order valence-electron chi connectivity index (χ0n) is 13.5. The summed E-state index contributed by atoms with van der Waals surface area (Å²) < 4.78 is 0. The zero-order chi connectivity index (χ0) is 16.8. The van der Waals surface area contributed by atoms with Crippen molar-refractivity contribution in [3.8, 4) is 0 Å². The molecular formula is C20H19N3O. The Kier molecular flexibility index (Phi) is 4.87. The summed E-state index contributed by atoms with van der Waals surface area (Å²) in [5.74, 6) is -0.189. The number of hydrogen-bond acceptors (Lipinski definition) is 3. The molecule has 0 radical (unpaired) electrons. The Morgan fingerprint density at radius 1 is 1.00 bits per heavy atom. The molecule has 0 unspecified atom stereocenters. The van der Waals surface area contributed by atoms with Gasteiger partial charge in [0.1, 0.15) is 0 Å². The van der Waals surface area contributed by atoms with Crippen molar-refractivity contribution in [2.24, 2.45) is 5.10 Å². The molecule has 0 fully saturated rings. The summed E-state index contributed by atoms with van der Waals surface area (Å²) in [4.78, 5) is 11.9. The minimum Gasteiger partial charge on any atom is -0.376 e. The number of amides is 1. The van der Waals surface area contributed by atoms with Gasteiger partial charge in [-0.25, -0.2) is 5.43 Å². The van der Waals surface area contributed by atoms with Gasteiger partial charge in [-0.2, -0.15) is 5.10 Å². The van der Waals surface area contributed by atoms with Crippen LogP contribution in [0, 0.1) is 6.92 Å². The molecule has 24 heavy (non-hydrogen) atoms. The van der Waals surface area contributed by atoms with Crippen LogP contribution in [-0.2, 0) is 4.79 Å². The third kappa shape index (κ3) is 3.98. The molecule has 0 aliphatic heterocycles. The van der Waals surface area contributed by atoms with E-state index in [0.29, 0.717) is 0 Å². The molecule has 0 bridgehead atoms. The molecule has 0 heterocycles. The number of rotatable bonds is 5. The second-order valence-corrected chi connectivity index (χ2v) is 5.58. The highest BCUT2D eigenvalue weighted by Gasteiger charge is 2.02. The molecule has 0 aliphatic rings. The van der Waals surface area contributed by atoms with Crippen LogP contribution in [0.25, 0.3) is 10.8 Å². The van der Waals surface area contributed by atoms with Crippen molar-refractivity contribution in [2.75, 3.05) is 11.9 Å². The number of benzene rings is 3. The minimum absolute atomic E-state index is 0.166. The van der Waals surface area contributed by atoms with Crippen molar-refractivity contribution in [1.82, 2.24) is 5.43 Å². The Hall–Kier alpha value is -3.14. The van der Waals surface area contributed by atoms with Gasteiger partial charge in [-0.1, -0.05) is 66.2 Å². The number of hydrazone groups is 1. The van der Waals surface area contributed by atoms with E-state index in [4.69, 9.17) is 0 Å². The van der Waals surface area contributed by atoms with E-state index < -0.39 is 0 Å². The molecule has 0 aromatic heterocycles. The van der Waals surface area contributed by atoms with Crippen molar-refractivity contribution in [3.05, 3.63) is 77.9 Å². The van der Waals surface area contributed by atoms with Gasteiger partial charge in [0.2, 0.25) is 0 Å². The molecule has 1 amide bonds. The number of carbonyl (C=O) groups is 1. The highest BCUT2D eigenvalue weighted by atomic mass is 16.2. The summed E-state index contributed by atoms with van der Waals surface area (Å²) >= 11 is 0. The summed E-state index contributed by atoms with van der Waals surface area (Å²) in [5.41, 5.74) is 5.61. The number of nitrogens with one attached hydrogen (secondary N) is 2. The SMILES string of the molecule is Cc1ccc(/C=N\NC(=O)CNc2cccc3ccccc23)cc1. The van der Waals surface area contributed by atoms with Crippen LogP contribution in [0.1, 0.15) is 11.1 Å². The lowest BCUT2D eigenvalue weighted by atomic mass is 10.1. The molecule has 120 valence electrons. The standard InChI is InChI=1S/C20H19N3O/c1-15-9-11-16(12-10-15)13-22-23-20(24)14-21-19-8-4-6-17-5-2-3-7-18(17)19/h2-13,21H,14H2,1H3,(H,23,24)/b22-13-. The first-order chi connectivity index (χ1) is 11.7. The number of anilines is 1. The van der Waals surface area contributed by atoms with E-state index in [0.717, 1.165) is 22.0 Å². The first-order valence-electron chi connectivity index (χ1n) is 7.82. The summed E-state index contributed by atoms with van der Waals surface area (Å²) in [6.45, 7) is 2.20. The average molecular weight is 317 g/mol. The lowest BCUT2D eigenvalue weighted by Crippen LogP contribution is -2.25. The Morgan fingerprint density at radius 3 is 2.58 bits per heavy atom. The molecule has 2 N–H and O–H groups in total. The quantitative estimate of drug-likeness (QED) is 0.557. The third-order valence-electron chi connectivity index (χ3n) is 3.71. The van der Waals surface area contributed by atoms with Gasteiger partial charge in [-0.05, 0) is 23.9 Å². The van der Waals surface area contributed by atoms with Crippen LogP contribution in [0.3, 0.4) is 0 Å². The normalized spacial score (nSPS) is 10.9. The van der Waals surface area contributed by atoms with Crippen LogP contribution in [0.4, 0.5) is 5.69 Å². The molecule has 3 aromatic carbocycles. The van der Waals surface area contributed by atoms with Crippen LogP contribution >= 0.6 is 0 Å². The van der Waals surface area contributed by atoms with Crippen LogP contribution < -0.4 is 10.7 Å². The minimum atomic E-state index is -0.189. The molecule has 3 aromatic rings. The van der Waals surface area contributed by atoms with Crippen molar-refractivity contribution >= 4 is 28.6 Å². The van der Waals surface area contributed by atoms with E-state index in [1.807, 2.05) is 73.7 Å². The van der Waals surface area contributed by atoms with E-state index in [2.05, 4.69) is 15.8 Å². The van der Waals surface area contributed by atoms with Crippen molar-refractivity contribution in [1.29, 1.82) is 0 Å². The Morgan fingerprint density at radius 2 is 1.75 bits per heavy atom. The summed E-state index contributed by atoms with van der Waals surface area (Å²) in [6.07, 6.45) is 1.63. The number of hydrogen-bond donors (Lipinski definition) is 2. The lowest BCUT2D eigenvalue weighted by Gasteiger charge is -2.08. The summed E-state index contributed by atoms with van der Waals surface area (Å²) in [6, 6.07) is 22.0. The third-order valence-corrected chi connectivity index (χ3v) is 3.71.